The summed E-state index contributed by atoms with van der Waals surface area (Å²) in [6, 6.07) is 0. The average molecular weight is 239 g/mol. The first kappa shape index (κ1) is 14.3. The van der Waals surface area contributed by atoms with Crippen LogP contribution in [0.5, 0.6) is 0 Å². The topological polar surface area (TPSA) is 32.3 Å². The molecule has 0 amide bonds. The minimum atomic E-state index is 0.259. The quantitative estimate of drug-likeness (QED) is 0.387. The van der Waals surface area contributed by atoms with Crippen LogP contribution in [-0.4, -0.2) is 35.5 Å². The van der Waals surface area contributed by atoms with Crippen molar-refractivity contribution < 1.29 is 9.59 Å². The molecule has 1 rings (SSSR count). The summed E-state index contributed by atoms with van der Waals surface area (Å²) in [5.41, 5.74) is 0. The van der Waals surface area contributed by atoms with Gasteiger partial charge in [0.25, 0.3) is 0 Å². The molecule has 98 valence electrons. The van der Waals surface area contributed by atoms with Crippen molar-refractivity contribution in [2.24, 2.45) is 0 Å². The highest BCUT2D eigenvalue weighted by molar-refractivity contribution is 4.84. The number of aliphatic hydroxyl groups is 1. The van der Waals surface area contributed by atoms with E-state index < -0.39 is 0 Å². The first-order valence-corrected chi connectivity index (χ1v) is 6.81. The molecule has 0 bridgehead atoms. The molecule has 0 aromatic heterocycles. The Labute approximate surface area is 105 Å². The lowest BCUT2D eigenvalue weighted by atomic mass is 10.1. The van der Waals surface area contributed by atoms with E-state index in [1.54, 1.807) is 0 Å². The molecule has 3 heteroatoms. The van der Waals surface area contributed by atoms with Gasteiger partial charge in [0.05, 0.1) is 19.4 Å². The van der Waals surface area contributed by atoms with Crippen LogP contribution in [0.3, 0.4) is 0 Å². The fourth-order valence-electron chi connectivity index (χ4n) is 2.56. The minimum absolute atomic E-state index is 0.259. The third-order valence-corrected chi connectivity index (χ3v) is 3.72. The van der Waals surface area contributed by atoms with Crippen LogP contribution in [0.15, 0.2) is 24.6 Å². The molecule has 0 aliphatic carbocycles. The second-order valence-electron chi connectivity index (χ2n) is 4.72. The number of hydrogen-bond acceptors (Lipinski definition) is 2. The number of quaternary nitrogens is 1. The van der Waals surface area contributed by atoms with E-state index >= 15 is 0 Å². The number of allylic oxidation sites excluding steroid dienone is 2. The molecule has 1 aliphatic heterocycles. The van der Waals surface area contributed by atoms with Crippen LogP contribution in [0.2, 0.25) is 0 Å². The zero-order valence-electron chi connectivity index (χ0n) is 11.2. The lowest BCUT2D eigenvalue weighted by molar-refractivity contribution is -0.900. The summed E-state index contributed by atoms with van der Waals surface area (Å²) < 4.78 is 0.889. The molecular formula is C14H27N2O+. The van der Waals surface area contributed by atoms with Gasteiger partial charge in [0.2, 0.25) is 0 Å². The van der Waals surface area contributed by atoms with Crippen molar-refractivity contribution in [1.29, 1.82) is 0 Å². The maximum Gasteiger partial charge on any atom is 0.166 e. The Kier molecular flexibility index (Phi) is 6.30. The standard InChI is InChI=1S/C14H27N2O/c1-3-5-6-7-8-9-14-15-10-11-16(14,4-2)12-13-17/h3,5,10-11,14-15,17H,4,6-9,12-13H2,1-2H3/q+1/b5-3+. The Morgan fingerprint density at radius 1 is 1.41 bits per heavy atom. The molecule has 0 saturated heterocycles. The first-order chi connectivity index (χ1) is 8.29. The van der Waals surface area contributed by atoms with Crippen LogP contribution in [0, 0.1) is 0 Å². The predicted molar refractivity (Wildman–Crippen MR) is 72.1 cm³/mol. The molecular weight excluding hydrogens is 212 g/mol. The summed E-state index contributed by atoms with van der Waals surface area (Å²) >= 11 is 0. The number of likely N-dealkylation sites (N-methyl/N-ethyl adjacent to an activating group) is 1. The summed E-state index contributed by atoms with van der Waals surface area (Å²) in [4.78, 5) is 0. The number of nitrogens with one attached hydrogen (secondary N) is 1. The van der Waals surface area contributed by atoms with Crippen molar-refractivity contribution in [2.45, 2.75) is 45.7 Å². The summed E-state index contributed by atoms with van der Waals surface area (Å²) in [5.74, 6) is 0. The number of rotatable bonds is 8. The van der Waals surface area contributed by atoms with Gasteiger partial charge < -0.3 is 10.4 Å². The van der Waals surface area contributed by atoms with Crippen molar-refractivity contribution in [3.63, 3.8) is 0 Å². The van der Waals surface area contributed by atoms with Crippen molar-refractivity contribution in [1.82, 2.24) is 5.32 Å². The molecule has 0 aromatic carbocycles. The van der Waals surface area contributed by atoms with Gasteiger partial charge >= 0.3 is 0 Å². The van der Waals surface area contributed by atoms with Gasteiger partial charge in [-0.05, 0) is 33.1 Å². The summed E-state index contributed by atoms with van der Waals surface area (Å²) in [5, 5.41) is 12.6. The third kappa shape index (κ3) is 3.86. The Morgan fingerprint density at radius 3 is 2.88 bits per heavy atom. The van der Waals surface area contributed by atoms with E-state index in [9.17, 15) is 5.11 Å². The minimum Gasteiger partial charge on any atom is -0.390 e. The maximum atomic E-state index is 9.20. The molecule has 1 aliphatic rings. The molecule has 0 spiro atoms. The number of unbranched alkanes of at least 4 members (excludes halogenated alkanes) is 2. The highest BCUT2D eigenvalue weighted by Gasteiger charge is 2.35. The molecule has 1 heterocycles. The van der Waals surface area contributed by atoms with Gasteiger partial charge in [-0.15, -0.1) is 0 Å². The monoisotopic (exact) mass is 239 g/mol. The molecule has 17 heavy (non-hydrogen) atoms. The largest absolute Gasteiger partial charge is 0.390 e. The molecule has 0 radical (unpaired) electrons. The van der Waals surface area contributed by atoms with Gasteiger partial charge in [0.1, 0.15) is 12.7 Å². The fourth-order valence-corrected chi connectivity index (χ4v) is 2.56. The summed E-state index contributed by atoms with van der Waals surface area (Å²) in [6.45, 7) is 6.39. The predicted octanol–water partition coefficient (Wildman–Crippen LogP) is 2.35. The van der Waals surface area contributed by atoms with Gasteiger partial charge in [-0.25, -0.2) is 0 Å². The smallest absolute Gasteiger partial charge is 0.166 e. The van der Waals surface area contributed by atoms with E-state index in [1.165, 1.54) is 25.7 Å². The van der Waals surface area contributed by atoms with E-state index in [1.807, 2.05) is 0 Å². The second kappa shape index (κ2) is 7.51. The summed E-state index contributed by atoms with van der Waals surface area (Å²) in [7, 11) is 0. The SMILES string of the molecule is C/C=C/CCCCC1NC=C[N+]1(CC)CCO. The number of hydrogen-bond donors (Lipinski definition) is 2. The van der Waals surface area contributed by atoms with Gasteiger partial charge in [-0.2, -0.15) is 0 Å². The first-order valence-electron chi connectivity index (χ1n) is 6.81. The zero-order chi connectivity index (χ0) is 12.6. The van der Waals surface area contributed by atoms with Crippen LogP contribution in [0.4, 0.5) is 0 Å². The van der Waals surface area contributed by atoms with Crippen LogP contribution >= 0.6 is 0 Å². The van der Waals surface area contributed by atoms with Crippen LogP contribution < -0.4 is 5.32 Å². The molecule has 3 nitrogen and oxygen atoms in total. The zero-order valence-corrected chi connectivity index (χ0v) is 11.2. The maximum absolute atomic E-state index is 9.20. The number of aliphatic hydroxyl groups excluding tert-OH is 1. The van der Waals surface area contributed by atoms with E-state index in [-0.39, 0.29) is 6.61 Å². The fraction of sp³-hybridized carbons (Fsp3) is 0.714. The van der Waals surface area contributed by atoms with Crippen molar-refractivity contribution in [3.05, 3.63) is 24.6 Å². The normalized spacial score (nSPS) is 27.8. The summed E-state index contributed by atoms with van der Waals surface area (Å²) in [6.07, 6.45) is 13.9. The lowest BCUT2D eigenvalue weighted by Gasteiger charge is -2.36. The molecule has 2 unspecified atom stereocenters. The molecule has 0 aromatic rings. The average Bonchev–Trinajstić information content (AvgIpc) is 2.73. The van der Waals surface area contributed by atoms with Crippen molar-refractivity contribution in [2.75, 3.05) is 19.7 Å². The lowest BCUT2D eigenvalue weighted by Crippen LogP contribution is -2.54. The van der Waals surface area contributed by atoms with E-state index in [4.69, 9.17) is 0 Å². The highest BCUT2D eigenvalue weighted by atomic mass is 16.3. The van der Waals surface area contributed by atoms with Gasteiger partial charge in [0.15, 0.2) is 6.17 Å². The van der Waals surface area contributed by atoms with E-state index in [0.717, 1.165) is 17.6 Å². The molecule has 0 saturated carbocycles. The molecule has 2 N–H and O–H groups in total. The Balaban J connectivity index is 2.36. The Bertz CT molecular complexity index is 263. The third-order valence-electron chi connectivity index (χ3n) is 3.72. The Morgan fingerprint density at radius 2 is 2.24 bits per heavy atom. The van der Waals surface area contributed by atoms with Gasteiger partial charge in [-0.1, -0.05) is 12.2 Å². The number of nitrogens with zero attached hydrogens (tertiary/aromatic N) is 1. The second-order valence-corrected chi connectivity index (χ2v) is 4.72. The van der Waals surface area contributed by atoms with Crippen LogP contribution in [0.25, 0.3) is 0 Å². The van der Waals surface area contributed by atoms with Crippen molar-refractivity contribution in [3.8, 4) is 0 Å². The Hall–Kier alpha value is -0.800. The van der Waals surface area contributed by atoms with Crippen LogP contribution in [0.1, 0.15) is 39.5 Å². The highest BCUT2D eigenvalue weighted by Crippen LogP contribution is 2.22. The van der Waals surface area contributed by atoms with Gasteiger partial charge in [-0.3, -0.25) is 4.48 Å². The molecule has 2 atom stereocenters. The molecule has 0 fully saturated rings. The van der Waals surface area contributed by atoms with E-state index in [2.05, 4.69) is 43.7 Å². The van der Waals surface area contributed by atoms with Crippen molar-refractivity contribution >= 4 is 0 Å². The van der Waals surface area contributed by atoms with Gasteiger partial charge in [0, 0.05) is 6.42 Å². The van der Waals surface area contributed by atoms with E-state index in [0.29, 0.717) is 6.17 Å². The van der Waals surface area contributed by atoms with Crippen LogP contribution in [-0.2, 0) is 0 Å².